The third kappa shape index (κ3) is 3.96. The van der Waals surface area contributed by atoms with Gasteiger partial charge in [-0.1, -0.05) is 13.3 Å². The molecule has 0 aromatic carbocycles. The third-order valence-corrected chi connectivity index (χ3v) is 3.20. The smallest absolute Gasteiger partial charge is 0.246 e. The van der Waals surface area contributed by atoms with Crippen LogP contribution in [0.3, 0.4) is 0 Å². The fraction of sp³-hybridized carbons (Fsp3) is 0.833. The first kappa shape index (κ1) is 14.9. The maximum atomic E-state index is 11.8. The molecule has 5 N–H and O–H groups in total. The maximum absolute atomic E-state index is 11.8. The monoisotopic (exact) mass is 257 g/mol. The van der Waals surface area contributed by atoms with E-state index in [-0.39, 0.29) is 12.0 Å². The Hall–Kier alpha value is -1.14. The van der Waals surface area contributed by atoms with Gasteiger partial charge in [-0.15, -0.1) is 0 Å². The van der Waals surface area contributed by atoms with Gasteiger partial charge in [0, 0.05) is 6.54 Å². The number of hydrogen-bond donors (Lipinski definition) is 3. The average Bonchev–Trinajstić information content (AvgIpc) is 2.74. The van der Waals surface area contributed by atoms with Crippen LogP contribution in [0.2, 0.25) is 0 Å². The van der Waals surface area contributed by atoms with Crippen LogP contribution < -0.4 is 16.8 Å². The molecule has 104 valence electrons. The van der Waals surface area contributed by atoms with Gasteiger partial charge in [0.2, 0.25) is 11.8 Å². The van der Waals surface area contributed by atoms with E-state index in [9.17, 15) is 9.59 Å². The molecule has 0 aliphatic carbocycles. The average molecular weight is 257 g/mol. The molecule has 0 spiro atoms. The van der Waals surface area contributed by atoms with E-state index in [2.05, 4.69) is 5.32 Å². The highest BCUT2D eigenvalue weighted by molar-refractivity contribution is 5.85. The zero-order chi connectivity index (χ0) is 13.8. The first-order chi connectivity index (χ1) is 8.36. The number of nitrogens with one attached hydrogen (secondary N) is 1. The van der Waals surface area contributed by atoms with Crippen molar-refractivity contribution < 1.29 is 14.3 Å². The van der Waals surface area contributed by atoms with Crippen molar-refractivity contribution in [2.45, 2.75) is 57.3 Å². The number of primary amides is 1. The summed E-state index contributed by atoms with van der Waals surface area (Å²) in [6.07, 6.45) is 2.15. The molecule has 18 heavy (non-hydrogen) atoms. The minimum atomic E-state index is -0.851. The van der Waals surface area contributed by atoms with Crippen LogP contribution in [0.15, 0.2) is 0 Å². The summed E-state index contributed by atoms with van der Waals surface area (Å²) in [4.78, 5) is 22.8. The Morgan fingerprint density at radius 1 is 1.44 bits per heavy atom. The van der Waals surface area contributed by atoms with Crippen molar-refractivity contribution >= 4 is 11.8 Å². The summed E-state index contributed by atoms with van der Waals surface area (Å²) in [5, 5.41) is 2.77. The van der Waals surface area contributed by atoms with Crippen molar-refractivity contribution in [1.82, 2.24) is 5.32 Å². The largest absolute Gasteiger partial charge is 0.367 e. The summed E-state index contributed by atoms with van der Waals surface area (Å²) >= 11 is 0. The van der Waals surface area contributed by atoms with E-state index in [1.165, 1.54) is 0 Å². The number of rotatable bonds is 6. The molecule has 6 heteroatoms. The molecule has 0 radical (unpaired) electrons. The SMILES string of the molecule is CCCC(C)(N)C(=O)NCC1CCC(C(N)=O)O1. The van der Waals surface area contributed by atoms with Crippen molar-refractivity contribution in [3.8, 4) is 0 Å². The van der Waals surface area contributed by atoms with Crippen molar-refractivity contribution in [3.05, 3.63) is 0 Å². The van der Waals surface area contributed by atoms with Gasteiger partial charge in [-0.3, -0.25) is 9.59 Å². The van der Waals surface area contributed by atoms with Crippen molar-refractivity contribution in [1.29, 1.82) is 0 Å². The summed E-state index contributed by atoms with van der Waals surface area (Å²) in [6.45, 7) is 4.07. The summed E-state index contributed by atoms with van der Waals surface area (Å²) in [5.74, 6) is -0.631. The fourth-order valence-electron chi connectivity index (χ4n) is 2.11. The van der Waals surface area contributed by atoms with E-state index in [1.54, 1.807) is 6.92 Å². The van der Waals surface area contributed by atoms with Crippen LogP contribution in [0.4, 0.5) is 0 Å². The number of ether oxygens (including phenoxy) is 1. The lowest BCUT2D eigenvalue weighted by Gasteiger charge is -2.23. The molecule has 1 aliphatic heterocycles. The van der Waals surface area contributed by atoms with E-state index in [0.717, 1.165) is 12.8 Å². The zero-order valence-corrected chi connectivity index (χ0v) is 11.1. The molecule has 3 atom stereocenters. The normalized spacial score (nSPS) is 26.6. The van der Waals surface area contributed by atoms with Crippen LogP contribution in [-0.4, -0.2) is 36.1 Å². The second kappa shape index (κ2) is 6.15. The number of nitrogens with two attached hydrogens (primary N) is 2. The van der Waals surface area contributed by atoms with E-state index < -0.39 is 17.6 Å². The Kier molecular flexibility index (Phi) is 5.10. The molecule has 0 saturated carbocycles. The van der Waals surface area contributed by atoms with Crippen molar-refractivity contribution in [2.24, 2.45) is 11.5 Å². The molecule has 0 aromatic rings. The van der Waals surface area contributed by atoms with Crippen LogP contribution in [-0.2, 0) is 14.3 Å². The Labute approximate surface area is 107 Å². The molecule has 1 aliphatic rings. The van der Waals surface area contributed by atoms with Gasteiger partial charge in [0.1, 0.15) is 6.10 Å². The molecule has 1 rings (SSSR count). The number of carbonyl (C=O) groups is 2. The van der Waals surface area contributed by atoms with Crippen LogP contribution in [0.1, 0.15) is 39.5 Å². The minimum absolute atomic E-state index is 0.149. The molecule has 1 heterocycles. The fourth-order valence-corrected chi connectivity index (χ4v) is 2.11. The molecule has 1 saturated heterocycles. The van der Waals surface area contributed by atoms with E-state index in [1.807, 2.05) is 6.92 Å². The summed E-state index contributed by atoms with van der Waals surface area (Å²) in [5.41, 5.74) is 10.2. The van der Waals surface area contributed by atoms with Gasteiger partial charge < -0.3 is 21.5 Å². The van der Waals surface area contributed by atoms with Gasteiger partial charge in [0.05, 0.1) is 11.6 Å². The number of hydrogen-bond acceptors (Lipinski definition) is 4. The second-order valence-corrected chi connectivity index (χ2v) is 5.10. The predicted molar refractivity (Wildman–Crippen MR) is 67.6 cm³/mol. The van der Waals surface area contributed by atoms with E-state index >= 15 is 0 Å². The summed E-state index contributed by atoms with van der Waals surface area (Å²) in [6, 6.07) is 0. The van der Waals surface area contributed by atoms with Gasteiger partial charge in [-0.25, -0.2) is 0 Å². The van der Waals surface area contributed by atoms with E-state index in [0.29, 0.717) is 19.4 Å². The molecular formula is C12H23N3O3. The van der Waals surface area contributed by atoms with Gasteiger partial charge in [0.25, 0.3) is 0 Å². The molecule has 1 fully saturated rings. The Balaban J connectivity index is 2.34. The van der Waals surface area contributed by atoms with Crippen LogP contribution in [0.25, 0.3) is 0 Å². The first-order valence-electron chi connectivity index (χ1n) is 6.38. The lowest BCUT2D eigenvalue weighted by molar-refractivity contribution is -0.129. The maximum Gasteiger partial charge on any atom is 0.246 e. The molecule has 0 aromatic heterocycles. The number of carbonyl (C=O) groups excluding carboxylic acids is 2. The Morgan fingerprint density at radius 3 is 2.61 bits per heavy atom. The highest BCUT2D eigenvalue weighted by Crippen LogP contribution is 2.19. The zero-order valence-electron chi connectivity index (χ0n) is 11.1. The molecule has 3 unspecified atom stereocenters. The second-order valence-electron chi connectivity index (χ2n) is 5.10. The predicted octanol–water partition coefficient (Wildman–Crippen LogP) is -0.347. The van der Waals surface area contributed by atoms with Gasteiger partial charge in [0.15, 0.2) is 0 Å². The van der Waals surface area contributed by atoms with Gasteiger partial charge in [-0.05, 0) is 26.2 Å². The first-order valence-corrected chi connectivity index (χ1v) is 6.38. The van der Waals surface area contributed by atoms with Gasteiger partial charge in [-0.2, -0.15) is 0 Å². The van der Waals surface area contributed by atoms with Crippen LogP contribution in [0.5, 0.6) is 0 Å². The Bertz CT molecular complexity index is 318. The van der Waals surface area contributed by atoms with Gasteiger partial charge >= 0.3 is 0 Å². The Morgan fingerprint density at radius 2 is 2.11 bits per heavy atom. The van der Waals surface area contributed by atoms with E-state index in [4.69, 9.17) is 16.2 Å². The molecular weight excluding hydrogens is 234 g/mol. The quantitative estimate of drug-likeness (QED) is 0.604. The highest BCUT2D eigenvalue weighted by atomic mass is 16.5. The summed E-state index contributed by atoms with van der Waals surface area (Å²) < 4.78 is 5.42. The topological polar surface area (TPSA) is 107 Å². The van der Waals surface area contributed by atoms with Crippen LogP contribution in [0, 0.1) is 0 Å². The standard InChI is InChI=1S/C12H23N3O3/c1-3-6-12(2,14)11(17)15-7-8-4-5-9(18-8)10(13)16/h8-9H,3-7,14H2,1-2H3,(H2,13,16)(H,15,17). The summed E-state index contributed by atoms with van der Waals surface area (Å²) in [7, 11) is 0. The minimum Gasteiger partial charge on any atom is -0.367 e. The molecule has 0 bridgehead atoms. The van der Waals surface area contributed by atoms with Crippen LogP contribution >= 0.6 is 0 Å². The number of amides is 2. The van der Waals surface area contributed by atoms with Crippen molar-refractivity contribution in [2.75, 3.05) is 6.54 Å². The lowest BCUT2D eigenvalue weighted by Crippen LogP contribution is -2.52. The highest BCUT2D eigenvalue weighted by Gasteiger charge is 2.31. The third-order valence-electron chi connectivity index (χ3n) is 3.20. The molecule has 6 nitrogen and oxygen atoms in total. The lowest BCUT2D eigenvalue weighted by atomic mass is 9.96. The molecule has 2 amide bonds. The van der Waals surface area contributed by atoms with Crippen molar-refractivity contribution in [3.63, 3.8) is 0 Å².